The number of amides is 1. The fourth-order valence-corrected chi connectivity index (χ4v) is 4.44. The van der Waals surface area contributed by atoms with Gasteiger partial charge in [0.25, 0.3) is 5.91 Å². The summed E-state index contributed by atoms with van der Waals surface area (Å²) in [6, 6.07) is 22.7. The molecule has 6 nitrogen and oxygen atoms in total. The molecule has 0 aliphatic carbocycles. The lowest BCUT2D eigenvalue weighted by molar-refractivity contribution is -0.135. The molecule has 3 aromatic carbocycles. The van der Waals surface area contributed by atoms with Gasteiger partial charge in [-0.3, -0.25) is 9.69 Å². The summed E-state index contributed by atoms with van der Waals surface area (Å²) in [5, 5.41) is 1.32. The summed E-state index contributed by atoms with van der Waals surface area (Å²) in [6.07, 6.45) is -0.158. The molecule has 1 aliphatic rings. The van der Waals surface area contributed by atoms with Crippen LogP contribution in [0.4, 0.5) is 0 Å². The van der Waals surface area contributed by atoms with E-state index < -0.39 is 0 Å². The van der Waals surface area contributed by atoms with Gasteiger partial charge in [0.05, 0.1) is 19.8 Å². The average Bonchev–Trinajstić information content (AvgIpc) is 2.91. The van der Waals surface area contributed by atoms with Crippen LogP contribution in [0, 0.1) is 0 Å². The van der Waals surface area contributed by atoms with Crippen molar-refractivity contribution < 1.29 is 19.0 Å². The first-order valence-corrected chi connectivity index (χ1v) is 12.6. The minimum absolute atomic E-state index is 0.0107. The Bertz CT molecular complexity index is 1130. The molecule has 0 N–H and O–H groups in total. The topological polar surface area (TPSA) is 51.2 Å². The van der Waals surface area contributed by atoms with Crippen LogP contribution in [0.1, 0.15) is 17.2 Å². The van der Waals surface area contributed by atoms with E-state index in [4.69, 9.17) is 37.4 Å². The number of hydrogen-bond acceptors (Lipinski definition) is 5. The number of rotatable bonds is 10. The Morgan fingerprint density at radius 3 is 2.36 bits per heavy atom. The van der Waals surface area contributed by atoms with E-state index in [2.05, 4.69) is 11.0 Å². The number of methoxy groups -OCH3 is 1. The Balaban J connectivity index is 1.33. The summed E-state index contributed by atoms with van der Waals surface area (Å²) >= 11 is 12.0. The summed E-state index contributed by atoms with van der Waals surface area (Å²) in [7, 11) is 1.66. The first-order valence-electron chi connectivity index (χ1n) is 11.9. The minimum Gasteiger partial charge on any atom is -0.497 e. The lowest BCUT2D eigenvalue weighted by Gasteiger charge is -2.36. The Labute approximate surface area is 222 Å². The van der Waals surface area contributed by atoms with Gasteiger partial charge in [-0.15, -0.1) is 0 Å². The number of nitrogens with zero attached hydrogens (tertiary/aromatic N) is 2. The molecule has 1 unspecified atom stereocenters. The maximum absolute atomic E-state index is 12.7. The first kappa shape index (κ1) is 26.3. The van der Waals surface area contributed by atoms with Gasteiger partial charge in [0, 0.05) is 42.8 Å². The maximum atomic E-state index is 12.7. The van der Waals surface area contributed by atoms with Crippen molar-refractivity contribution in [3.05, 3.63) is 94.0 Å². The second kappa shape index (κ2) is 13.0. The molecule has 36 heavy (non-hydrogen) atoms. The van der Waals surface area contributed by atoms with Gasteiger partial charge < -0.3 is 19.1 Å². The normalized spacial score (nSPS) is 14.9. The van der Waals surface area contributed by atoms with Gasteiger partial charge in [-0.05, 0) is 59.7 Å². The zero-order valence-electron chi connectivity index (χ0n) is 20.2. The molecule has 0 radical (unpaired) electrons. The molecule has 190 valence electrons. The van der Waals surface area contributed by atoms with Crippen LogP contribution in [-0.4, -0.2) is 62.1 Å². The number of carbonyl (C=O) groups excluding carboxylic acids is 1. The van der Waals surface area contributed by atoms with Gasteiger partial charge in [-0.1, -0.05) is 47.5 Å². The van der Waals surface area contributed by atoms with Crippen LogP contribution < -0.4 is 9.47 Å². The SMILES string of the molecule is COc1cccc(C(CN2CCN(C(=O)COc3ccc(Cl)cc3)CC2)OCc2cccc(Cl)c2)c1. The molecule has 1 fully saturated rings. The van der Waals surface area contributed by atoms with Crippen molar-refractivity contribution in [3.8, 4) is 11.5 Å². The predicted octanol–water partition coefficient (Wildman–Crippen LogP) is 5.48. The van der Waals surface area contributed by atoms with E-state index >= 15 is 0 Å². The highest BCUT2D eigenvalue weighted by Crippen LogP contribution is 2.25. The molecule has 0 spiro atoms. The van der Waals surface area contributed by atoms with Crippen LogP contribution in [0.5, 0.6) is 11.5 Å². The predicted molar refractivity (Wildman–Crippen MR) is 142 cm³/mol. The molecule has 3 aromatic rings. The maximum Gasteiger partial charge on any atom is 0.260 e. The van der Waals surface area contributed by atoms with Crippen LogP contribution >= 0.6 is 23.2 Å². The van der Waals surface area contributed by atoms with E-state index in [0.717, 1.165) is 30.0 Å². The summed E-state index contributed by atoms with van der Waals surface area (Å²) in [5.41, 5.74) is 2.07. The zero-order chi connectivity index (χ0) is 25.3. The standard InChI is InChI=1S/C28H30Cl2N2O4/c1-34-26-7-3-5-22(17-26)27(36-19-21-4-2-6-24(30)16-21)18-31-12-14-32(15-13-31)28(33)20-35-25-10-8-23(29)9-11-25/h2-11,16-17,27H,12-15,18-20H2,1H3. The Morgan fingerprint density at radius 2 is 1.64 bits per heavy atom. The van der Waals surface area contributed by atoms with Crippen molar-refractivity contribution in [1.82, 2.24) is 9.80 Å². The van der Waals surface area contributed by atoms with E-state index in [9.17, 15) is 4.79 Å². The van der Waals surface area contributed by atoms with Gasteiger partial charge in [0.2, 0.25) is 0 Å². The fraction of sp³-hybridized carbons (Fsp3) is 0.321. The molecule has 8 heteroatoms. The van der Waals surface area contributed by atoms with Gasteiger partial charge in [0.1, 0.15) is 11.5 Å². The third-order valence-corrected chi connectivity index (χ3v) is 6.62. The molecule has 1 atom stereocenters. The smallest absolute Gasteiger partial charge is 0.260 e. The molecule has 1 aliphatic heterocycles. The summed E-state index contributed by atoms with van der Waals surface area (Å²) in [6.45, 7) is 3.96. The van der Waals surface area contributed by atoms with E-state index in [1.54, 1.807) is 31.4 Å². The monoisotopic (exact) mass is 528 g/mol. The Morgan fingerprint density at radius 1 is 0.889 bits per heavy atom. The van der Waals surface area contributed by atoms with Gasteiger partial charge in [0.15, 0.2) is 6.61 Å². The second-order valence-electron chi connectivity index (χ2n) is 8.63. The van der Waals surface area contributed by atoms with Crippen molar-refractivity contribution in [2.45, 2.75) is 12.7 Å². The molecule has 0 saturated carbocycles. The van der Waals surface area contributed by atoms with Gasteiger partial charge >= 0.3 is 0 Å². The molecule has 0 aromatic heterocycles. The number of ether oxygens (including phenoxy) is 3. The summed E-state index contributed by atoms with van der Waals surface area (Å²) in [4.78, 5) is 16.8. The average molecular weight is 529 g/mol. The van der Waals surface area contributed by atoms with E-state index in [0.29, 0.717) is 42.0 Å². The highest BCUT2D eigenvalue weighted by molar-refractivity contribution is 6.30. The lowest BCUT2D eigenvalue weighted by Crippen LogP contribution is -2.50. The molecular formula is C28H30Cl2N2O4. The van der Waals surface area contributed by atoms with Crippen molar-refractivity contribution in [3.63, 3.8) is 0 Å². The van der Waals surface area contributed by atoms with Crippen LogP contribution in [0.25, 0.3) is 0 Å². The van der Waals surface area contributed by atoms with Crippen molar-refractivity contribution >= 4 is 29.1 Å². The number of hydrogen-bond donors (Lipinski definition) is 0. The molecule has 1 saturated heterocycles. The van der Waals surface area contributed by atoms with Crippen LogP contribution in [0.15, 0.2) is 72.8 Å². The van der Waals surface area contributed by atoms with Crippen molar-refractivity contribution in [1.29, 1.82) is 0 Å². The van der Waals surface area contributed by atoms with E-state index in [-0.39, 0.29) is 18.6 Å². The molecule has 4 rings (SSSR count). The number of piperazine rings is 1. The summed E-state index contributed by atoms with van der Waals surface area (Å²) in [5.74, 6) is 1.40. The summed E-state index contributed by atoms with van der Waals surface area (Å²) < 4.78 is 17.4. The van der Waals surface area contributed by atoms with Crippen molar-refractivity contribution in [2.24, 2.45) is 0 Å². The second-order valence-corrected chi connectivity index (χ2v) is 9.50. The molecular weight excluding hydrogens is 499 g/mol. The highest BCUT2D eigenvalue weighted by Gasteiger charge is 2.25. The number of benzene rings is 3. The van der Waals surface area contributed by atoms with Gasteiger partial charge in [-0.25, -0.2) is 0 Å². The number of carbonyl (C=O) groups is 1. The van der Waals surface area contributed by atoms with Gasteiger partial charge in [-0.2, -0.15) is 0 Å². The molecule has 1 heterocycles. The van der Waals surface area contributed by atoms with E-state index in [1.165, 1.54) is 0 Å². The largest absolute Gasteiger partial charge is 0.497 e. The highest BCUT2D eigenvalue weighted by atomic mass is 35.5. The lowest BCUT2D eigenvalue weighted by atomic mass is 10.1. The van der Waals surface area contributed by atoms with E-state index in [1.807, 2.05) is 47.4 Å². The molecule has 0 bridgehead atoms. The minimum atomic E-state index is -0.158. The Kier molecular flexibility index (Phi) is 9.47. The first-order chi connectivity index (χ1) is 17.5. The molecule has 1 amide bonds. The van der Waals surface area contributed by atoms with Crippen molar-refractivity contribution in [2.75, 3.05) is 46.4 Å². The number of halogens is 2. The quantitative estimate of drug-likeness (QED) is 0.348. The van der Waals surface area contributed by atoms with Crippen LogP contribution in [0.2, 0.25) is 10.0 Å². The Hall–Kier alpha value is -2.77. The third kappa shape index (κ3) is 7.61. The van der Waals surface area contributed by atoms with Crippen LogP contribution in [-0.2, 0) is 16.1 Å². The fourth-order valence-electron chi connectivity index (χ4n) is 4.10. The van der Waals surface area contributed by atoms with Crippen LogP contribution in [0.3, 0.4) is 0 Å². The third-order valence-electron chi connectivity index (χ3n) is 6.13. The zero-order valence-corrected chi connectivity index (χ0v) is 21.8.